The van der Waals surface area contributed by atoms with Crippen LogP contribution in [0.3, 0.4) is 0 Å². The molecule has 0 radical (unpaired) electrons. The lowest BCUT2D eigenvalue weighted by Gasteiger charge is -2.25. The number of piperidine rings is 1. The Kier molecular flexibility index (Phi) is 3.82. The van der Waals surface area contributed by atoms with Crippen molar-refractivity contribution in [2.45, 2.75) is 19.3 Å². The van der Waals surface area contributed by atoms with E-state index in [1.165, 1.54) is 11.8 Å². The second-order valence-corrected chi connectivity index (χ2v) is 4.93. The van der Waals surface area contributed by atoms with Gasteiger partial charge in [0.25, 0.3) is 0 Å². The van der Waals surface area contributed by atoms with Crippen LogP contribution in [0.5, 0.6) is 0 Å². The lowest BCUT2D eigenvalue weighted by atomic mass is 10.1. The van der Waals surface area contributed by atoms with Crippen LogP contribution in [0.15, 0.2) is 4.99 Å². The van der Waals surface area contributed by atoms with Crippen LogP contribution in [0.4, 0.5) is 0 Å². The fraction of sp³-hybridized carbons (Fsp3) is 0.700. The molecular formula is C10H15N3O2S. The Morgan fingerprint density at radius 3 is 2.62 bits per heavy atom. The van der Waals surface area contributed by atoms with Crippen LogP contribution >= 0.6 is 11.8 Å². The maximum absolute atomic E-state index is 11.7. The molecule has 2 aliphatic heterocycles. The van der Waals surface area contributed by atoms with E-state index >= 15 is 0 Å². The van der Waals surface area contributed by atoms with Crippen molar-refractivity contribution in [3.63, 3.8) is 0 Å². The minimum absolute atomic E-state index is 0.421. The first-order chi connectivity index (χ1) is 7.77. The standard InChI is InChI=1S/C10H15N3O2S/c14-8(12-10-11-4-7-16-10)9(15)13-5-2-1-3-6-13/h1-7H2,(H,11,12,14). The maximum atomic E-state index is 11.7. The highest BCUT2D eigenvalue weighted by molar-refractivity contribution is 8.14. The Bertz CT molecular complexity index is 324. The number of hydrogen-bond donors (Lipinski definition) is 1. The number of hydrogen-bond acceptors (Lipinski definition) is 4. The van der Waals surface area contributed by atoms with Crippen LogP contribution < -0.4 is 5.32 Å². The number of carbonyl (C=O) groups is 2. The predicted molar refractivity (Wildman–Crippen MR) is 63.3 cm³/mol. The van der Waals surface area contributed by atoms with Crippen LogP contribution in [-0.2, 0) is 9.59 Å². The Labute approximate surface area is 98.7 Å². The van der Waals surface area contributed by atoms with Crippen molar-refractivity contribution in [1.82, 2.24) is 10.2 Å². The third-order valence-electron chi connectivity index (χ3n) is 2.64. The zero-order valence-corrected chi connectivity index (χ0v) is 9.89. The first kappa shape index (κ1) is 11.4. The number of rotatable bonds is 0. The number of carbonyl (C=O) groups excluding carboxylic acids is 2. The molecule has 0 spiro atoms. The summed E-state index contributed by atoms with van der Waals surface area (Å²) in [4.78, 5) is 29.0. The first-order valence-corrected chi connectivity index (χ1v) is 6.53. The SMILES string of the molecule is O=C(NC1=NCCS1)C(=O)N1CCCCC1. The second kappa shape index (κ2) is 5.34. The van der Waals surface area contributed by atoms with Gasteiger partial charge in [-0.1, -0.05) is 11.8 Å². The van der Waals surface area contributed by atoms with Gasteiger partial charge < -0.3 is 4.90 Å². The smallest absolute Gasteiger partial charge is 0.315 e. The molecule has 2 heterocycles. The lowest BCUT2D eigenvalue weighted by molar-refractivity contribution is -0.145. The van der Waals surface area contributed by atoms with E-state index in [-0.39, 0.29) is 0 Å². The van der Waals surface area contributed by atoms with Gasteiger partial charge in [-0.25, -0.2) is 0 Å². The zero-order valence-electron chi connectivity index (χ0n) is 9.07. The molecule has 0 aliphatic carbocycles. The van der Waals surface area contributed by atoms with Gasteiger partial charge in [-0.05, 0) is 19.3 Å². The molecule has 1 saturated heterocycles. The average molecular weight is 241 g/mol. The first-order valence-electron chi connectivity index (χ1n) is 5.55. The van der Waals surface area contributed by atoms with Crippen molar-refractivity contribution in [2.75, 3.05) is 25.4 Å². The average Bonchev–Trinajstić information content (AvgIpc) is 2.82. The minimum Gasteiger partial charge on any atom is -0.334 e. The molecule has 0 bridgehead atoms. The van der Waals surface area contributed by atoms with Crippen molar-refractivity contribution in [1.29, 1.82) is 0 Å². The Balaban J connectivity index is 1.85. The van der Waals surface area contributed by atoms with Gasteiger partial charge in [0.05, 0.1) is 6.54 Å². The predicted octanol–water partition coefficient (Wildman–Crippen LogP) is 0.218. The molecule has 0 aromatic carbocycles. The number of aliphatic imine (C=N–C) groups is 1. The van der Waals surface area contributed by atoms with Crippen molar-refractivity contribution in [3.05, 3.63) is 0 Å². The summed E-state index contributed by atoms with van der Waals surface area (Å²) < 4.78 is 0. The van der Waals surface area contributed by atoms with Gasteiger partial charge in [0.15, 0.2) is 5.17 Å². The Morgan fingerprint density at radius 2 is 2.00 bits per heavy atom. The van der Waals surface area contributed by atoms with E-state index in [4.69, 9.17) is 0 Å². The molecule has 2 amide bonds. The molecule has 6 heteroatoms. The molecule has 0 aromatic heterocycles. The fourth-order valence-electron chi connectivity index (χ4n) is 1.80. The summed E-state index contributed by atoms with van der Waals surface area (Å²) in [6.45, 7) is 2.12. The molecule has 1 fully saturated rings. The van der Waals surface area contributed by atoms with Gasteiger partial charge in [0, 0.05) is 18.8 Å². The van der Waals surface area contributed by atoms with E-state index < -0.39 is 11.8 Å². The number of amides is 2. The van der Waals surface area contributed by atoms with Crippen LogP contribution in [-0.4, -0.2) is 47.3 Å². The zero-order chi connectivity index (χ0) is 11.4. The highest BCUT2D eigenvalue weighted by Crippen LogP contribution is 2.11. The van der Waals surface area contributed by atoms with E-state index in [0.717, 1.165) is 31.6 Å². The largest absolute Gasteiger partial charge is 0.334 e. The van der Waals surface area contributed by atoms with Gasteiger partial charge in [0.2, 0.25) is 0 Å². The van der Waals surface area contributed by atoms with Crippen molar-refractivity contribution >= 4 is 28.7 Å². The molecule has 0 aromatic rings. The molecule has 1 N–H and O–H groups in total. The third-order valence-corrected chi connectivity index (χ3v) is 3.53. The number of thioether (sulfide) groups is 1. The number of nitrogens with one attached hydrogen (secondary N) is 1. The Hall–Kier alpha value is -1.04. The van der Waals surface area contributed by atoms with Gasteiger partial charge in [-0.15, -0.1) is 0 Å². The van der Waals surface area contributed by atoms with E-state index in [9.17, 15) is 9.59 Å². The van der Waals surface area contributed by atoms with Crippen molar-refractivity contribution in [3.8, 4) is 0 Å². The van der Waals surface area contributed by atoms with Crippen LogP contribution in [0.2, 0.25) is 0 Å². The molecule has 5 nitrogen and oxygen atoms in total. The van der Waals surface area contributed by atoms with Gasteiger partial charge in [-0.2, -0.15) is 0 Å². The molecular weight excluding hydrogens is 226 g/mol. The number of nitrogens with zero attached hydrogens (tertiary/aromatic N) is 2. The monoisotopic (exact) mass is 241 g/mol. The summed E-state index contributed by atoms with van der Waals surface area (Å²) in [7, 11) is 0. The molecule has 88 valence electrons. The molecule has 0 atom stereocenters. The normalized spacial score (nSPS) is 20.5. The van der Waals surface area contributed by atoms with E-state index in [1.807, 2.05) is 0 Å². The van der Waals surface area contributed by atoms with Crippen molar-refractivity contribution in [2.24, 2.45) is 4.99 Å². The van der Waals surface area contributed by atoms with Crippen molar-refractivity contribution < 1.29 is 9.59 Å². The quantitative estimate of drug-likeness (QED) is 0.617. The van der Waals surface area contributed by atoms with Crippen LogP contribution in [0.1, 0.15) is 19.3 Å². The van der Waals surface area contributed by atoms with E-state index in [2.05, 4.69) is 10.3 Å². The highest BCUT2D eigenvalue weighted by atomic mass is 32.2. The maximum Gasteiger partial charge on any atom is 0.315 e. The summed E-state index contributed by atoms with van der Waals surface area (Å²) in [6, 6.07) is 0. The van der Waals surface area contributed by atoms with E-state index in [0.29, 0.717) is 18.3 Å². The number of amidine groups is 1. The lowest BCUT2D eigenvalue weighted by Crippen LogP contribution is -2.46. The third kappa shape index (κ3) is 2.75. The minimum atomic E-state index is -0.546. The summed E-state index contributed by atoms with van der Waals surface area (Å²) >= 11 is 1.48. The summed E-state index contributed by atoms with van der Waals surface area (Å²) in [5, 5.41) is 3.14. The van der Waals surface area contributed by atoms with Crippen LogP contribution in [0, 0.1) is 0 Å². The fourth-order valence-corrected chi connectivity index (χ4v) is 2.53. The van der Waals surface area contributed by atoms with Gasteiger partial charge in [0.1, 0.15) is 0 Å². The molecule has 16 heavy (non-hydrogen) atoms. The number of likely N-dealkylation sites (tertiary alicyclic amines) is 1. The summed E-state index contributed by atoms with van der Waals surface area (Å²) in [5.41, 5.74) is 0. The highest BCUT2D eigenvalue weighted by Gasteiger charge is 2.24. The molecule has 2 aliphatic rings. The van der Waals surface area contributed by atoms with Crippen LogP contribution in [0.25, 0.3) is 0 Å². The Morgan fingerprint density at radius 1 is 1.25 bits per heavy atom. The topological polar surface area (TPSA) is 61.8 Å². The summed E-state index contributed by atoms with van der Waals surface area (Å²) in [5.74, 6) is -0.0852. The van der Waals surface area contributed by atoms with Gasteiger partial charge in [-0.3, -0.25) is 19.9 Å². The molecule has 0 unspecified atom stereocenters. The van der Waals surface area contributed by atoms with Gasteiger partial charge >= 0.3 is 11.8 Å². The molecule has 0 saturated carbocycles. The molecule has 2 rings (SSSR count). The second-order valence-electron chi connectivity index (χ2n) is 3.84. The van der Waals surface area contributed by atoms with E-state index in [1.54, 1.807) is 4.90 Å². The summed E-state index contributed by atoms with van der Waals surface area (Å²) in [6.07, 6.45) is 3.14.